The van der Waals surface area contributed by atoms with E-state index in [1.807, 2.05) is 18.2 Å². The molecule has 19 heavy (non-hydrogen) atoms. The van der Waals surface area contributed by atoms with Gasteiger partial charge in [0.1, 0.15) is 5.52 Å². The second kappa shape index (κ2) is 4.54. The topological polar surface area (TPSA) is 26.0 Å². The maximum absolute atomic E-state index is 5.87. The molecule has 0 saturated carbocycles. The van der Waals surface area contributed by atoms with Gasteiger partial charge in [-0.3, -0.25) is 0 Å². The van der Waals surface area contributed by atoms with E-state index in [1.165, 1.54) is 11.1 Å². The first kappa shape index (κ1) is 12.0. The zero-order chi connectivity index (χ0) is 13.4. The molecule has 0 spiro atoms. The predicted molar refractivity (Wildman–Crippen MR) is 78.3 cm³/mol. The van der Waals surface area contributed by atoms with Crippen molar-refractivity contribution in [2.75, 3.05) is 0 Å². The lowest BCUT2D eigenvalue weighted by Gasteiger charge is -2.02. The fraction of sp³-hybridized carbons (Fsp3) is 0.235. The van der Waals surface area contributed by atoms with Crippen LogP contribution >= 0.6 is 0 Å². The van der Waals surface area contributed by atoms with Crippen LogP contribution in [0.1, 0.15) is 30.9 Å². The monoisotopic (exact) mass is 251 g/mol. The van der Waals surface area contributed by atoms with Crippen LogP contribution in [0.4, 0.5) is 0 Å². The predicted octanol–water partition coefficient (Wildman–Crippen LogP) is 4.93. The maximum Gasteiger partial charge on any atom is 0.227 e. The van der Waals surface area contributed by atoms with E-state index in [0.29, 0.717) is 11.8 Å². The second-order valence-electron chi connectivity index (χ2n) is 5.27. The van der Waals surface area contributed by atoms with E-state index in [-0.39, 0.29) is 0 Å². The standard InChI is InChI=1S/C17H17NO/c1-11(2)14-8-9-15-16(10-14)19-17(18-15)13-6-4-12(3)5-7-13/h4-11H,1-3H3. The molecule has 0 saturated heterocycles. The van der Waals surface area contributed by atoms with Crippen LogP contribution in [-0.4, -0.2) is 4.98 Å². The molecule has 96 valence electrons. The Bertz CT molecular complexity index is 708. The van der Waals surface area contributed by atoms with E-state index in [1.54, 1.807) is 0 Å². The lowest BCUT2D eigenvalue weighted by atomic mass is 10.0. The smallest absolute Gasteiger partial charge is 0.227 e. The highest BCUT2D eigenvalue weighted by Crippen LogP contribution is 2.27. The summed E-state index contributed by atoms with van der Waals surface area (Å²) in [7, 11) is 0. The van der Waals surface area contributed by atoms with Crippen LogP contribution in [0.25, 0.3) is 22.6 Å². The van der Waals surface area contributed by atoms with E-state index in [2.05, 4.69) is 50.0 Å². The van der Waals surface area contributed by atoms with Crippen molar-refractivity contribution >= 4 is 11.1 Å². The van der Waals surface area contributed by atoms with Crippen molar-refractivity contribution in [3.63, 3.8) is 0 Å². The third-order valence-electron chi connectivity index (χ3n) is 3.38. The van der Waals surface area contributed by atoms with Crippen LogP contribution < -0.4 is 0 Å². The minimum Gasteiger partial charge on any atom is -0.436 e. The van der Waals surface area contributed by atoms with Crippen LogP contribution in [0, 0.1) is 6.92 Å². The van der Waals surface area contributed by atoms with Crippen molar-refractivity contribution in [2.45, 2.75) is 26.7 Å². The average molecular weight is 251 g/mol. The molecule has 0 aliphatic rings. The summed E-state index contributed by atoms with van der Waals surface area (Å²) in [6, 6.07) is 14.5. The average Bonchev–Trinajstić information content (AvgIpc) is 2.82. The first-order valence-electron chi connectivity index (χ1n) is 6.61. The van der Waals surface area contributed by atoms with Gasteiger partial charge in [0.15, 0.2) is 5.58 Å². The minimum atomic E-state index is 0.498. The molecule has 0 aliphatic heterocycles. The molecule has 2 nitrogen and oxygen atoms in total. The fourth-order valence-corrected chi connectivity index (χ4v) is 2.12. The van der Waals surface area contributed by atoms with E-state index >= 15 is 0 Å². The van der Waals surface area contributed by atoms with Crippen molar-refractivity contribution in [3.8, 4) is 11.5 Å². The van der Waals surface area contributed by atoms with Gasteiger partial charge in [0, 0.05) is 5.56 Å². The molecule has 3 rings (SSSR count). The molecule has 0 amide bonds. The first-order chi connectivity index (χ1) is 9.13. The van der Waals surface area contributed by atoms with Crippen LogP contribution in [-0.2, 0) is 0 Å². The Hall–Kier alpha value is -2.09. The molecule has 3 aromatic rings. The van der Waals surface area contributed by atoms with Crippen molar-refractivity contribution < 1.29 is 4.42 Å². The lowest BCUT2D eigenvalue weighted by Crippen LogP contribution is -1.85. The number of benzene rings is 2. The number of nitrogens with zero attached hydrogens (tertiary/aromatic N) is 1. The molecule has 1 aromatic heterocycles. The zero-order valence-corrected chi connectivity index (χ0v) is 11.5. The molecule has 2 aromatic carbocycles. The first-order valence-corrected chi connectivity index (χ1v) is 6.61. The van der Waals surface area contributed by atoms with E-state index in [9.17, 15) is 0 Å². The van der Waals surface area contributed by atoms with Gasteiger partial charge in [-0.2, -0.15) is 0 Å². The molecule has 0 radical (unpaired) electrons. The molecule has 0 atom stereocenters. The number of rotatable bonds is 2. The van der Waals surface area contributed by atoms with Crippen molar-refractivity contribution in [3.05, 3.63) is 53.6 Å². The molecular weight excluding hydrogens is 234 g/mol. The number of aromatic nitrogens is 1. The molecule has 0 bridgehead atoms. The Labute approximate surface area is 113 Å². The Kier molecular flexibility index (Phi) is 2.86. The summed E-state index contributed by atoms with van der Waals surface area (Å²) in [5.41, 5.74) is 5.32. The summed E-state index contributed by atoms with van der Waals surface area (Å²) in [4.78, 5) is 4.55. The maximum atomic E-state index is 5.87. The number of hydrogen-bond acceptors (Lipinski definition) is 2. The Morgan fingerprint density at radius 2 is 1.74 bits per heavy atom. The molecule has 0 aliphatic carbocycles. The Morgan fingerprint density at radius 1 is 1.00 bits per heavy atom. The summed E-state index contributed by atoms with van der Waals surface area (Å²) >= 11 is 0. The number of aryl methyl sites for hydroxylation is 1. The van der Waals surface area contributed by atoms with Crippen molar-refractivity contribution in [2.24, 2.45) is 0 Å². The summed E-state index contributed by atoms with van der Waals surface area (Å²) in [6.07, 6.45) is 0. The van der Waals surface area contributed by atoms with Gasteiger partial charge < -0.3 is 4.42 Å². The number of oxazole rings is 1. The lowest BCUT2D eigenvalue weighted by molar-refractivity contribution is 0.619. The molecule has 0 fully saturated rings. The van der Waals surface area contributed by atoms with E-state index < -0.39 is 0 Å². The van der Waals surface area contributed by atoms with E-state index in [0.717, 1.165) is 16.7 Å². The van der Waals surface area contributed by atoms with Crippen LogP contribution in [0.2, 0.25) is 0 Å². The quantitative estimate of drug-likeness (QED) is 0.645. The normalized spacial score (nSPS) is 11.4. The third-order valence-corrected chi connectivity index (χ3v) is 3.38. The zero-order valence-electron chi connectivity index (χ0n) is 11.5. The van der Waals surface area contributed by atoms with Gasteiger partial charge in [-0.25, -0.2) is 4.98 Å². The molecule has 0 N–H and O–H groups in total. The van der Waals surface area contributed by atoms with Gasteiger partial charge in [-0.05, 0) is 42.7 Å². The van der Waals surface area contributed by atoms with Gasteiger partial charge in [0.25, 0.3) is 0 Å². The SMILES string of the molecule is Cc1ccc(-c2nc3ccc(C(C)C)cc3o2)cc1. The van der Waals surface area contributed by atoms with Crippen LogP contribution in [0.3, 0.4) is 0 Å². The summed E-state index contributed by atoms with van der Waals surface area (Å²) in [5.74, 6) is 1.19. The number of fused-ring (bicyclic) bond motifs is 1. The highest BCUT2D eigenvalue weighted by atomic mass is 16.3. The molecule has 1 heterocycles. The Balaban J connectivity index is 2.08. The van der Waals surface area contributed by atoms with Crippen molar-refractivity contribution in [1.29, 1.82) is 0 Å². The molecule has 2 heteroatoms. The fourth-order valence-electron chi connectivity index (χ4n) is 2.12. The summed E-state index contributed by atoms with van der Waals surface area (Å²) < 4.78 is 5.87. The van der Waals surface area contributed by atoms with Gasteiger partial charge >= 0.3 is 0 Å². The van der Waals surface area contributed by atoms with Gasteiger partial charge in [-0.15, -0.1) is 0 Å². The third kappa shape index (κ3) is 2.26. The van der Waals surface area contributed by atoms with Gasteiger partial charge in [0.2, 0.25) is 5.89 Å². The minimum absolute atomic E-state index is 0.498. The van der Waals surface area contributed by atoms with Gasteiger partial charge in [-0.1, -0.05) is 37.6 Å². The summed E-state index contributed by atoms with van der Waals surface area (Å²) in [5, 5.41) is 0. The van der Waals surface area contributed by atoms with Crippen molar-refractivity contribution in [1.82, 2.24) is 4.98 Å². The van der Waals surface area contributed by atoms with Crippen LogP contribution in [0.15, 0.2) is 46.9 Å². The van der Waals surface area contributed by atoms with Crippen LogP contribution in [0.5, 0.6) is 0 Å². The largest absolute Gasteiger partial charge is 0.436 e. The summed E-state index contributed by atoms with van der Waals surface area (Å²) in [6.45, 7) is 6.43. The Morgan fingerprint density at radius 3 is 2.42 bits per heavy atom. The number of hydrogen-bond donors (Lipinski definition) is 0. The van der Waals surface area contributed by atoms with E-state index in [4.69, 9.17) is 4.42 Å². The highest BCUT2D eigenvalue weighted by molar-refractivity contribution is 5.77. The highest BCUT2D eigenvalue weighted by Gasteiger charge is 2.09. The van der Waals surface area contributed by atoms with Gasteiger partial charge in [0.05, 0.1) is 0 Å². The second-order valence-corrected chi connectivity index (χ2v) is 5.27. The molecule has 0 unspecified atom stereocenters. The molecular formula is C17H17NO.